The first-order chi connectivity index (χ1) is 32.5. The second-order valence-corrected chi connectivity index (χ2v) is 20.7. The number of aliphatic hydroxyl groups is 2. The van der Waals surface area contributed by atoms with Crippen molar-refractivity contribution in [3.8, 4) is 0 Å². The maximum Gasteiger partial charge on any atom is 0.305 e. The minimum atomic E-state index is -0.682. The number of hydrogen-bond donors (Lipinski definition) is 3. The van der Waals surface area contributed by atoms with Crippen LogP contribution in [0.25, 0.3) is 0 Å². The van der Waals surface area contributed by atoms with Crippen LogP contribution in [-0.2, 0) is 14.3 Å². The van der Waals surface area contributed by atoms with E-state index >= 15 is 0 Å². The van der Waals surface area contributed by atoms with Gasteiger partial charge in [0.2, 0.25) is 5.91 Å². The van der Waals surface area contributed by atoms with Crippen LogP contribution >= 0.6 is 0 Å². The molecular formula is C60H117NO5. The Labute approximate surface area is 412 Å². The molecule has 0 bridgehead atoms. The molecule has 0 aliphatic carbocycles. The van der Waals surface area contributed by atoms with E-state index in [2.05, 4.69) is 31.3 Å². The molecule has 1 amide bonds. The van der Waals surface area contributed by atoms with Crippen molar-refractivity contribution in [2.45, 2.75) is 347 Å². The zero-order valence-corrected chi connectivity index (χ0v) is 44.7. The molecule has 6 heteroatoms. The third kappa shape index (κ3) is 52.0. The molecular weight excluding hydrogens is 815 g/mol. The molecule has 0 radical (unpaired) electrons. The monoisotopic (exact) mass is 932 g/mol. The standard InChI is InChI=1S/C60H117NO5/c1-3-5-7-9-11-13-15-17-19-21-22-23-24-26-27-29-32-36-40-44-48-52-58(63)57(56-62)61-59(64)53-49-45-41-37-33-31-35-39-43-47-51-55-66-60(65)54-50-46-42-38-34-30-28-25-20-18-16-14-12-10-8-6-4-2/h35,39,57-58,62-63H,3-34,36-38,40-56H2,1-2H3,(H,61,64)/b39-35-. The zero-order valence-electron chi connectivity index (χ0n) is 44.7. The first-order valence-corrected chi connectivity index (χ1v) is 29.9. The molecule has 0 aromatic rings. The third-order valence-electron chi connectivity index (χ3n) is 14.1. The summed E-state index contributed by atoms with van der Waals surface area (Å²) in [5.41, 5.74) is 0. The lowest BCUT2D eigenvalue weighted by Gasteiger charge is -2.22. The highest BCUT2D eigenvalue weighted by atomic mass is 16.5. The average Bonchev–Trinajstić information content (AvgIpc) is 3.32. The van der Waals surface area contributed by atoms with Gasteiger partial charge >= 0.3 is 5.97 Å². The predicted octanol–water partition coefficient (Wildman–Crippen LogP) is 18.5. The van der Waals surface area contributed by atoms with E-state index in [0.717, 1.165) is 77.0 Å². The first kappa shape index (κ1) is 64.6. The predicted molar refractivity (Wildman–Crippen MR) is 287 cm³/mol. The molecule has 0 heterocycles. The Morgan fingerprint density at radius 2 is 0.712 bits per heavy atom. The average molecular weight is 933 g/mol. The molecule has 0 rings (SSSR count). The molecule has 0 fully saturated rings. The number of nitrogens with one attached hydrogen (secondary N) is 1. The number of esters is 1. The number of rotatable bonds is 56. The van der Waals surface area contributed by atoms with Crippen molar-refractivity contribution in [3.05, 3.63) is 12.2 Å². The normalized spacial score (nSPS) is 12.6. The van der Waals surface area contributed by atoms with Gasteiger partial charge in [0.15, 0.2) is 0 Å². The van der Waals surface area contributed by atoms with E-state index in [1.165, 1.54) is 225 Å². The van der Waals surface area contributed by atoms with Crippen LogP contribution in [0.15, 0.2) is 12.2 Å². The number of ether oxygens (including phenoxy) is 1. The van der Waals surface area contributed by atoms with Gasteiger partial charge in [-0.3, -0.25) is 9.59 Å². The molecule has 392 valence electrons. The topological polar surface area (TPSA) is 95.9 Å². The van der Waals surface area contributed by atoms with Gasteiger partial charge in [-0.05, 0) is 51.4 Å². The fraction of sp³-hybridized carbons (Fsp3) is 0.933. The SMILES string of the molecule is CCCCCCCCCCCCCCCCCCCCCCCC(O)C(CO)NC(=O)CCCCCCC/C=C\CCCCOC(=O)CCCCCCCCCCCCCCCCCCC. The number of carbonyl (C=O) groups is 2. The van der Waals surface area contributed by atoms with Crippen molar-refractivity contribution in [3.63, 3.8) is 0 Å². The smallest absolute Gasteiger partial charge is 0.305 e. The summed E-state index contributed by atoms with van der Waals surface area (Å²) in [5, 5.41) is 23.3. The number of aliphatic hydroxyl groups excluding tert-OH is 2. The van der Waals surface area contributed by atoms with Gasteiger partial charge in [0.25, 0.3) is 0 Å². The maximum atomic E-state index is 12.5. The first-order valence-electron chi connectivity index (χ1n) is 29.9. The summed E-state index contributed by atoms with van der Waals surface area (Å²) in [6, 6.07) is -0.562. The van der Waals surface area contributed by atoms with Crippen LogP contribution in [0.3, 0.4) is 0 Å². The Morgan fingerprint density at radius 3 is 1.08 bits per heavy atom. The lowest BCUT2D eigenvalue weighted by Crippen LogP contribution is -2.45. The van der Waals surface area contributed by atoms with E-state index in [1.54, 1.807) is 0 Å². The quantitative estimate of drug-likeness (QED) is 0.0321. The lowest BCUT2D eigenvalue weighted by atomic mass is 10.0. The highest BCUT2D eigenvalue weighted by Crippen LogP contribution is 2.18. The summed E-state index contributed by atoms with van der Waals surface area (Å²) in [7, 11) is 0. The molecule has 0 aliphatic heterocycles. The second kappa shape index (κ2) is 56.2. The fourth-order valence-corrected chi connectivity index (χ4v) is 9.46. The Morgan fingerprint density at radius 1 is 0.409 bits per heavy atom. The number of amides is 1. The van der Waals surface area contributed by atoms with Crippen LogP contribution in [0.1, 0.15) is 335 Å². The second-order valence-electron chi connectivity index (χ2n) is 20.7. The van der Waals surface area contributed by atoms with E-state index in [1.807, 2.05) is 0 Å². The van der Waals surface area contributed by atoms with Crippen LogP contribution in [-0.4, -0.2) is 47.4 Å². The van der Waals surface area contributed by atoms with Crippen LogP contribution < -0.4 is 5.32 Å². The molecule has 0 aliphatic rings. The van der Waals surface area contributed by atoms with Crippen LogP contribution in [0, 0.1) is 0 Å². The molecule has 2 unspecified atom stereocenters. The highest BCUT2D eigenvalue weighted by Gasteiger charge is 2.20. The zero-order chi connectivity index (χ0) is 47.9. The van der Waals surface area contributed by atoms with E-state index in [-0.39, 0.29) is 18.5 Å². The van der Waals surface area contributed by atoms with Crippen LogP contribution in [0.2, 0.25) is 0 Å². The molecule has 0 aromatic heterocycles. The van der Waals surface area contributed by atoms with E-state index in [4.69, 9.17) is 4.74 Å². The van der Waals surface area contributed by atoms with E-state index < -0.39 is 12.1 Å². The minimum absolute atomic E-state index is 0.0261. The summed E-state index contributed by atoms with van der Waals surface area (Å²) in [6.45, 7) is 4.91. The molecule has 0 saturated heterocycles. The van der Waals surface area contributed by atoms with Crippen molar-refractivity contribution < 1.29 is 24.5 Å². The Hall–Kier alpha value is -1.40. The van der Waals surface area contributed by atoms with Gasteiger partial charge in [-0.2, -0.15) is 0 Å². The number of hydrogen-bond acceptors (Lipinski definition) is 5. The summed E-state index contributed by atoms with van der Waals surface area (Å²) in [4.78, 5) is 24.6. The van der Waals surface area contributed by atoms with Crippen molar-refractivity contribution in [2.75, 3.05) is 13.2 Å². The van der Waals surface area contributed by atoms with E-state index in [0.29, 0.717) is 25.9 Å². The van der Waals surface area contributed by atoms with Crippen molar-refractivity contribution in [1.82, 2.24) is 5.32 Å². The van der Waals surface area contributed by atoms with Gasteiger partial charge in [0.1, 0.15) is 0 Å². The van der Waals surface area contributed by atoms with Crippen molar-refractivity contribution in [2.24, 2.45) is 0 Å². The van der Waals surface area contributed by atoms with Crippen molar-refractivity contribution in [1.29, 1.82) is 0 Å². The summed E-state index contributed by atoms with van der Waals surface area (Å²) < 4.78 is 5.46. The summed E-state index contributed by atoms with van der Waals surface area (Å²) >= 11 is 0. The maximum absolute atomic E-state index is 12.5. The molecule has 0 aromatic carbocycles. The molecule has 66 heavy (non-hydrogen) atoms. The van der Waals surface area contributed by atoms with Crippen LogP contribution in [0.4, 0.5) is 0 Å². The van der Waals surface area contributed by atoms with Gasteiger partial charge in [-0.1, -0.05) is 283 Å². The molecule has 2 atom stereocenters. The number of allylic oxidation sites excluding steroid dienone is 2. The molecule has 0 spiro atoms. The number of carbonyl (C=O) groups excluding carboxylic acids is 2. The van der Waals surface area contributed by atoms with Gasteiger partial charge in [-0.15, -0.1) is 0 Å². The Kier molecular flexibility index (Phi) is 55.0. The third-order valence-corrected chi connectivity index (χ3v) is 14.1. The number of unbranched alkanes of at least 4 members (excludes halogenated alkanes) is 43. The van der Waals surface area contributed by atoms with E-state index in [9.17, 15) is 19.8 Å². The summed E-state index contributed by atoms with van der Waals surface area (Å²) in [6.07, 6.45) is 66.4. The Bertz CT molecular complexity index is 986. The largest absolute Gasteiger partial charge is 0.466 e. The molecule has 6 nitrogen and oxygen atoms in total. The van der Waals surface area contributed by atoms with Gasteiger partial charge in [0.05, 0.1) is 25.4 Å². The van der Waals surface area contributed by atoms with Gasteiger partial charge in [0, 0.05) is 12.8 Å². The van der Waals surface area contributed by atoms with Crippen LogP contribution in [0.5, 0.6) is 0 Å². The Balaban J connectivity index is 3.48. The molecule has 0 saturated carbocycles. The fourth-order valence-electron chi connectivity index (χ4n) is 9.46. The van der Waals surface area contributed by atoms with Crippen molar-refractivity contribution >= 4 is 11.9 Å². The highest BCUT2D eigenvalue weighted by molar-refractivity contribution is 5.76. The lowest BCUT2D eigenvalue weighted by molar-refractivity contribution is -0.143. The van der Waals surface area contributed by atoms with Gasteiger partial charge in [-0.25, -0.2) is 0 Å². The van der Waals surface area contributed by atoms with Gasteiger partial charge < -0.3 is 20.3 Å². The molecule has 3 N–H and O–H groups in total. The minimum Gasteiger partial charge on any atom is -0.466 e. The summed E-state index contributed by atoms with van der Waals surface area (Å²) in [5.74, 6) is -0.0861.